The highest BCUT2D eigenvalue weighted by Gasteiger charge is 2.30. The van der Waals surface area contributed by atoms with Gasteiger partial charge in [-0.1, -0.05) is 29.8 Å². The van der Waals surface area contributed by atoms with Crippen LogP contribution in [0.3, 0.4) is 0 Å². The number of aliphatic hydroxyl groups excluding tert-OH is 1. The maximum Gasteiger partial charge on any atom is 0.416 e. The van der Waals surface area contributed by atoms with Crippen molar-refractivity contribution < 1.29 is 23.0 Å². The number of aliphatic hydroxyl groups is 1. The molecule has 33 heavy (non-hydrogen) atoms. The number of fused-ring (bicyclic) bond motifs is 1. The number of aromatic nitrogens is 3. The van der Waals surface area contributed by atoms with Gasteiger partial charge in [-0.15, -0.1) is 0 Å². The van der Waals surface area contributed by atoms with Gasteiger partial charge >= 0.3 is 6.18 Å². The second kappa shape index (κ2) is 8.68. The SMILES string of the molecule is COc1nc2ccc(C(O)c3cnc(C)n3C)cc2c(Cl)c1Cc1ccc(C(F)(F)F)cc1. The molecule has 0 saturated heterocycles. The molecule has 0 aliphatic rings. The van der Waals surface area contributed by atoms with Crippen LogP contribution in [0.5, 0.6) is 5.88 Å². The van der Waals surface area contributed by atoms with Crippen LogP contribution in [0.15, 0.2) is 48.7 Å². The maximum atomic E-state index is 12.9. The number of hydrogen-bond acceptors (Lipinski definition) is 4. The Labute approximate surface area is 193 Å². The molecule has 2 heterocycles. The number of ether oxygens (including phenoxy) is 1. The number of alkyl halides is 3. The lowest BCUT2D eigenvalue weighted by Gasteiger charge is -2.16. The minimum atomic E-state index is -4.40. The van der Waals surface area contributed by atoms with Crippen LogP contribution in [-0.2, 0) is 19.6 Å². The monoisotopic (exact) mass is 475 g/mol. The fourth-order valence-electron chi connectivity index (χ4n) is 3.71. The van der Waals surface area contributed by atoms with Gasteiger partial charge < -0.3 is 14.4 Å². The molecule has 4 aromatic rings. The summed E-state index contributed by atoms with van der Waals surface area (Å²) in [6, 6.07) is 10.2. The van der Waals surface area contributed by atoms with E-state index in [-0.39, 0.29) is 6.42 Å². The Kier molecular flexibility index (Phi) is 6.07. The molecular weight excluding hydrogens is 455 g/mol. The largest absolute Gasteiger partial charge is 0.481 e. The van der Waals surface area contributed by atoms with Gasteiger partial charge in [-0.2, -0.15) is 13.2 Å². The smallest absolute Gasteiger partial charge is 0.416 e. The van der Waals surface area contributed by atoms with Gasteiger partial charge in [-0.25, -0.2) is 9.97 Å². The van der Waals surface area contributed by atoms with Crippen molar-refractivity contribution in [2.24, 2.45) is 7.05 Å². The highest BCUT2D eigenvalue weighted by molar-refractivity contribution is 6.36. The summed E-state index contributed by atoms with van der Waals surface area (Å²) >= 11 is 6.74. The van der Waals surface area contributed by atoms with Crippen molar-refractivity contribution in [1.82, 2.24) is 14.5 Å². The first-order valence-electron chi connectivity index (χ1n) is 10.1. The number of aryl methyl sites for hydroxylation is 1. The first-order valence-corrected chi connectivity index (χ1v) is 10.5. The second-order valence-electron chi connectivity index (χ2n) is 7.75. The zero-order valence-corrected chi connectivity index (χ0v) is 18.9. The maximum absolute atomic E-state index is 12.9. The molecule has 0 radical (unpaired) electrons. The summed E-state index contributed by atoms with van der Waals surface area (Å²) in [6.45, 7) is 1.84. The van der Waals surface area contributed by atoms with E-state index in [1.807, 2.05) is 14.0 Å². The van der Waals surface area contributed by atoms with Crippen molar-refractivity contribution in [1.29, 1.82) is 0 Å². The lowest BCUT2D eigenvalue weighted by molar-refractivity contribution is -0.137. The van der Waals surface area contributed by atoms with E-state index in [9.17, 15) is 18.3 Å². The van der Waals surface area contributed by atoms with E-state index in [0.717, 1.165) is 18.0 Å². The van der Waals surface area contributed by atoms with Crippen LogP contribution >= 0.6 is 11.6 Å². The van der Waals surface area contributed by atoms with Crippen LogP contribution in [0.2, 0.25) is 5.02 Å². The van der Waals surface area contributed by atoms with Crippen molar-refractivity contribution in [3.63, 3.8) is 0 Å². The van der Waals surface area contributed by atoms with Crippen LogP contribution in [0.25, 0.3) is 10.9 Å². The average Bonchev–Trinajstić information content (AvgIpc) is 3.12. The average molecular weight is 476 g/mol. The van der Waals surface area contributed by atoms with Crippen molar-refractivity contribution in [2.75, 3.05) is 7.11 Å². The number of pyridine rings is 1. The molecule has 0 aliphatic carbocycles. The molecule has 5 nitrogen and oxygen atoms in total. The molecule has 2 aromatic heterocycles. The molecule has 1 N–H and O–H groups in total. The predicted octanol–water partition coefficient (Wildman–Crippen LogP) is 5.63. The Morgan fingerprint density at radius 2 is 1.85 bits per heavy atom. The number of benzene rings is 2. The van der Waals surface area contributed by atoms with E-state index < -0.39 is 17.8 Å². The van der Waals surface area contributed by atoms with Crippen molar-refractivity contribution >= 4 is 22.5 Å². The molecule has 0 saturated carbocycles. The third-order valence-corrected chi connectivity index (χ3v) is 6.14. The van der Waals surface area contributed by atoms with Crippen LogP contribution in [0.1, 0.15) is 39.9 Å². The number of rotatable bonds is 5. The lowest BCUT2D eigenvalue weighted by atomic mass is 10.00. The first kappa shape index (κ1) is 23.1. The van der Waals surface area contributed by atoms with E-state index >= 15 is 0 Å². The highest BCUT2D eigenvalue weighted by Crippen LogP contribution is 2.36. The predicted molar refractivity (Wildman–Crippen MR) is 120 cm³/mol. The molecule has 4 rings (SSSR count). The summed E-state index contributed by atoms with van der Waals surface area (Å²) < 4.78 is 45.9. The molecule has 0 aliphatic heterocycles. The minimum absolute atomic E-state index is 0.233. The van der Waals surface area contributed by atoms with Gasteiger partial charge in [0.05, 0.1) is 35.1 Å². The van der Waals surface area contributed by atoms with Crippen molar-refractivity contribution in [2.45, 2.75) is 25.6 Å². The minimum Gasteiger partial charge on any atom is -0.481 e. The summed E-state index contributed by atoms with van der Waals surface area (Å²) in [7, 11) is 3.28. The van der Waals surface area contributed by atoms with Gasteiger partial charge in [0, 0.05) is 24.4 Å². The Bertz CT molecular complexity index is 1320. The van der Waals surface area contributed by atoms with Gasteiger partial charge in [0.25, 0.3) is 0 Å². The molecule has 9 heteroatoms. The van der Waals surface area contributed by atoms with Crippen LogP contribution < -0.4 is 4.74 Å². The standard InChI is InChI=1S/C24H21ClF3N3O2/c1-13-29-12-20(31(13)2)22(32)15-6-9-19-17(11-15)21(25)18(23(30-19)33-3)10-14-4-7-16(8-5-14)24(26,27)28/h4-9,11-12,22,32H,10H2,1-3H3. The van der Waals surface area contributed by atoms with Gasteiger partial charge in [0.1, 0.15) is 11.9 Å². The molecule has 0 bridgehead atoms. The third kappa shape index (κ3) is 4.41. The number of halogens is 4. The number of methoxy groups -OCH3 is 1. The molecular formula is C24H21ClF3N3O2. The lowest BCUT2D eigenvalue weighted by Crippen LogP contribution is -2.07. The van der Waals surface area contributed by atoms with Crippen LogP contribution in [-0.4, -0.2) is 26.8 Å². The van der Waals surface area contributed by atoms with E-state index in [4.69, 9.17) is 16.3 Å². The molecule has 1 unspecified atom stereocenters. The molecule has 0 fully saturated rings. The molecule has 1 atom stereocenters. The molecule has 0 amide bonds. The Hall–Kier alpha value is -3.10. The second-order valence-corrected chi connectivity index (χ2v) is 8.13. The number of nitrogens with zero attached hydrogens (tertiary/aromatic N) is 3. The quantitative estimate of drug-likeness (QED) is 0.406. The molecule has 0 spiro atoms. The highest BCUT2D eigenvalue weighted by atomic mass is 35.5. The summed E-state index contributed by atoms with van der Waals surface area (Å²) in [6.07, 6.45) is -3.47. The number of imidazole rings is 1. The van der Waals surface area contributed by atoms with E-state index in [1.165, 1.54) is 19.2 Å². The van der Waals surface area contributed by atoms with Crippen molar-refractivity contribution in [3.05, 3.63) is 87.5 Å². The molecule has 172 valence electrons. The summed E-state index contributed by atoms with van der Waals surface area (Å²) in [5.74, 6) is 1.07. The van der Waals surface area contributed by atoms with E-state index in [2.05, 4.69) is 9.97 Å². The van der Waals surface area contributed by atoms with Gasteiger partial charge in [-0.3, -0.25) is 0 Å². The normalized spacial score (nSPS) is 12.8. The van der Waals surface area contributed by atoms with Crippen LogP contribution in [0.4, 0.5) is 13.2 Å². The molecule has 2 aromatic carbocycles. The topological polar surface area (TPSA) is 60.2 Å². The van der Waals surface area contributed by atoms with Crippen molar-refractivity contribution in [3.8, 4) is 5.88 Å². The zero-order valence-electron chi connectivity index (χ0n) is 18.1. The number of hydrogen-bond donors (Lipinski definition) is 1. The Balaban J connectivity index is 1.75. The summed E-state index contributed by atoms with van der Waals surface area (Å²) in [4.78, 5) is 8.74. The Morgan fingerprint density at radius 1 is 1.15 bits per heavy atom. The summed E-state index contributed by atoms with van der Waals surface area (Å²) in [5.41, 5.74) is 2.28. The summed E-state index contributed by atoms with van der Waals surface area (Å²) in [5, 5.41) is 11.9. The van der Waals surface area contributed by atoms with Gasteiger partial charge in [0.2, 0.25) is 5.88 Å². The Morgan fingerprint density at radius 3 is 2.42 bits per heavy atom. The fraction of sp³-hybridized carbons (Fsp3) is 0.250. The van der Waals surface area contributed by atoms with E-state index in [1.54, 1.807) is 29.0 Å². The zero-order chi connectivity index (χ0) is 23.9. The van der Waals surface area contributed by atoms with Gasteiger partial charge in [0.15, 0.2) is 0 Å². The fourth-order valence-corrected chi connectivity index (χ4v) is 4.01. The first-order chi connectivity index (χ1) is 15.6. The third-order valence-electron chi connectivity index (χ3n) is 5.71. The van der Waals surface area contributed by atoms with Gasteiger partial charge in [-0.05, 0) is 42.3 Å². The van der Waals surface area contributed by atoms with E-state index in [0.29, 0.717) is 44.2 Å². The van der Waals surface area contributed by atoms with Crippen LogP contribution in [0, 0.1) is 6.92 Å².